The van der Waals surface area contributed by atoms with Crippen LogP contribution in [0.2, 0.25) is 0 Å². The zero-order valence-corrected chi connectivity index (χ0v) is 18.8. The highest BCUT2D eigenvalue weighted by Gasteiger charge is 2.27. The predicted octanol–water partition coefficient (Wildman–Crippen LogP) is 1.90. The Balaban J connectivity index is 1.56. The number of nitriles is 1. The van der Waals surface area contributed by atoms with Crippen LogP contribution in [0.1, 0.15) is 41.6 Å². The number of aromatic amines is 1. The van der Waals surface area contributed by atoms with Crippen molar-refractivity contribution in [3.63, 3.8) is 0 Å². The first-order chi connectivity index (χ1) is 15.1. The minimum Gasteiger partial charge on any atom is -0.343 e. The number of hydrogen-bond acceptors (Lipinski definition) is 5. The number of rotatable bonds is 6. The Morgan fingerprint density at radius 2 is 1.88 bits per heavy atom. The van der Waals surface area contributed by atoms with Crippen molar-refractivity contribution in [2.45, 2.75) is 50.5 Å². The van der Waals surface area contributed by atoms with Crippen LogP contribution >= 0.6 is 0 Å². The van der Waals surface area contributed by atoms with Gasteiger partial charge in [0, 0.05) is 31.2 Å². The Hall–Kier alpha value is -3.03. The van der Waals surface area contributed by atoms with Crippen LogP contribution in [0.15, 0.2) is 34.0 Å². The predicted molar refractivity (Wildman–Crippen MR) is 116 cm³/mol. The van der Waals surface area contributed by atoms with E-state index >= 15 is 0 Å². The molecule has 10 heteroatoms. The first kappa shape index (κ1) is 23.6. The summed E-state index contributed by atoms with van der Waals surface area (Å²) in [5.41, 5.74) is 1.66. The zero-order chi connectivity index (χ0) is 23.5. The lowest BCUT2D eigenvalue weighted by atomic mass is 9.98. The van der Waals surface area contributed by atoms with E-state index in [1.165, 1.54) is 12.1 Å². The molecule has 2 aromatic rings. The van der Waals surface area contributed by atoms with Crippen molar-refractivity contribution < 1.29 is 17.6 Å². The van der Waals surface area contributed by atoms with Gasteiger partial charge in [-0.05, 0) is 68.5 Å². The molecule has 1 aliphatic rings. The van der Waals surface area contributed by atoms with E-state index in [0.717, 1.165) is 17.7 Å². The van der Waals surface area contributed by atoms with Crippen LogP contribution in [0.25, 0.3) is 0 Å². The molecule has 0 spiro atoms. The number of likely N-dealkylation sites (tertiary alicyclic amines) is 1. The number of nitrogens with one attached hydrogen (secondary N) is 2. The van der Waals surface area contributed by atoms with Crippen LogP contribution in [-0.2, 0) is 21.2 Å². The molecule has 2 N–H and O–H groups in total. The minimum atomic E-state index is -3.76. The van der Waals surface area contributed by atoms with Gasteiger partial charge in [-0.25, -0.2) is 17.5 Å². The number of carbonyl (C=O) groups is 1. The van der Waals surface area contributed by atoms with E-state index < -0.39 is 21.4 Å². The van der Waals surface area contributed by atoms with Crippen molar-refractivity contribution >= 4 is 15.9 Å². The summed E-state index contributed by atoms with van der Waals surface area (Å²) in [4.78, 5) is 28.9. The number of aryl methyl sites for hydroxylation is 1. The van der Waals surface area contributed by atoms with E-state index in [9.17, 15) is 27.7 Å². The fourth-order valence-corrected chi connectivity index (χ4v) is 5.26. The number of halogens is 1. The summed E-state index contributed by atoms with van der Waals surface area (Å²) in [5, 5.41) is 9.18. The largest absolute Gasteiger partial charge is 0.343 e. The molecule has 3 rings (SSSR count). The summed E-state index contributed by atoms with van der Waals surface area (Å²) in [5.74, 6) is -0.569. The number of hydrogen-bond donors (Lipinski definition) is 2. The summed E-state index contributed by atoms with van der Waals surface area (Å²) in [6.45, 7) is 4.29. The fourth-order valence-electron chi connectivity index (χ4n) is 3.96. The Bertz CT molecular complexity index is 1210. The zero-order valence-electron chi connectivity index (χ0n) is 17.9. The summed E-state index contributed by atoms with van der Waals surface area (Å²) >= 11 is 0. The second-order valence-corrected chi connectivity index (χ2v) is 9.61. The number of benzene rings is 1. The molecule has 0 atom stereocenters. The van der Waals surface area contributed by atoms with E-state index in [2.05, 4.69) is 9.71 Å². The number of sulfonamides is 1. The van der Waals surface area contributed by atoms with Crippen molar-refractivity contribution in [3.8, 4) is 6.07 Å². The quantitative estimate of drug-likeness (QED) is 0.682. The van der Waals surface area contributed by atoms with Crippen LogP contribution < -0.4 is 10.3 Å². The van der Waals surface area contributed by atoms with E-state index in [4.69, 9.17) is 0 Å². The van der Waals surface area contributed by atoms with Gasteiger partial charge in [-0.3, -0.25) is 9.59 Å². The third-order valence-corrected chi connectivity index (χ3v) is 7.34. The van der Waals surface area contributed by atoms with Gasteiger partial charge in [0.15, 0.2) is 0 Å². The number of H-pyrrole nitrogens is 1. The monoisotopic (exact) mass is 460 g/mol. The molecule has 1 fully saturated rings. The van der Waals surface area contributed by atoms with E-state index in [0.29, 0.717) is 43.6 Å². The van der Waals surface area contributed by atoms with Gasteiger partial charge in [0.05, 0.1) is 4.90 Å². The average Bonchev–Trinajstić information content (AvgIpc) is 2.74. The number of nitrogens with zero attached hydrogens (tertiary/aromatic N) is 2. The maximum Gasteiger partial charge on any atom is 0.266 e. The number of carbonyl (C=O) groups excluding carboxylic acids is 1. The molecule has 0 aliphatic carbocycles. The van der Waals surface area contributed by atoms with Crippen molar-refractivity contribution in [1.29, 1.82) is 5.26 Å². The smallest absolute Gasteiger partial charge is 0.266 e. The van der Waals surface area contributed by atoms with Gasteiger partial charge in [-0.15, -0.1) is 0 Å². The second-order valence-electron chi connectivity index (χ2n) is 7.90. The minimum absolute atomic E-state index is 0.000728. The number of pyridine rings is 1. The van der Waals surface area contributed by atoms with Crippen LogP contribution in [-0.4, -0.2) is 43.3 Å². The molecule has 0 saturated carbocycles. The molecular weight excluding hydrogens is 435 g/mol. The fraction of sp³-hybridized carbons (Fsp3) is 0.409. The summed E-state index contributed by atoms with van der Waals surface area (Å²) in [6, 6.07) is 6.23. The van der Waals surface area contributed by atoms with Crippen molar-refractivity contribution in [1.82, 2.24) is 14.6 Å². The first-order valence-electron chi connectivity index (χ1n) is 10.3. The molecule has 1 aromatic heterocycles. The van der Waals surface area contributed by atoms with Gasteiger partial charge in [0.1, 0.15) is 17.4 Å². The molecule has 32 heavy (non-hydrogen) atoms. The number of piperidine rings is 1. The second kappa shape index (κ2) is 9.63. The van der Waals surface area contributed by atoms with Gasteiger partial charge in [0.25, 0.3) is 5.56 Å². The Labute approximate surface area is 186 Å². The molecule has 0 bridgehead atoms. The molecule has 1 saturated heterocycles. The highest BCUT2D eigenvalue weighted by atomic mass is 32.2. The SMILES string of the molecule is Cc1[nH]c(=O)c(C#N)c(C)c1CCC(=O)N1CCC(NS(=O)(=O)c2ccc(F)cc2)CC1. The lowest BCUT2D eigenvalue weighted by molar-refractivity contribution is -0.132. The third kappa shape index (κ3) is 5.23. The van der Waals surface area contributed by atoms with Crippen LogP contribution in [0.4, 0.5) is 4.39 Å². The van der Waals surface area contributed by atoms with Crippen molar-refractivity contribution in [3.05, 3.63) is 62.8 Å². The molecule has 8 nitrogen and oxygen atoms in total. The molecule has 170 valence electrons. The summed E-state index contributed by atoms with van der Waals surface area (Å²) in [7, 11) is -3.76. The average molecular weight is 461 g/mol. The van der Waals surface area contributed by atoms with Crippen molar-refractivity contribution in [2.24, 2.45) is 0 Å². The molecule has 2 heterocycles. The number of amides is 1. The Morgan fingerprint density at radius 1 is 1.25 bits per heavy atom. The molecule has 1 aromatic carbocycles. The van der Waals surface area contributed by atoms with E-state index in [-0.39, 0.29) is 28.8 Å². The van der Waals surface area contributed by atoms with Crippen LogP contribution in [0.3, 0.4) is 0 Å². The Morgan fingerprint density at radius 3 is 2.47 bits per heavy atom. The molecular formula is C22H25FN4O4S. The lowest BCUT2D eigenvalue weighted by Crippen LogP contribution is -2.46. The molecule has 0 unspecified atom stereocenters. The van der Waals surface area contributed by atoms with Gasteiger partial charge in [-0.1, -0.05) is 0 Å². The van der Waals surface area contributed by atoms with Crippen molar-refractivity contribution in [2.75, 3.05) is 13.1 Å². The number of aromatic nitrogens is 1. The molecule has 0 radical (unpaired) electrons. The van der Waals surface area contributed by atoms with E-state index in [1.54, 1.807) is 18.7 Å². The van der Waals surface area contributed by atoms with E-state index in [1.807, 2.05) is 6.07 Å². The maximum atomic E-state index is 13.0. The molecule has 1 amide bonds. The summed E-state index contributed by atoms with van der Waals surface area (Å²) < 4.78 is 40.6. The maximum absolute atomic E-state index is 13.0. The topological polar surface area (TPSA) is 123 Å². The third-order valence-electron chi connectivity index (χ3n) is 5.80. The standard InChI is InChI=1S/C22H25FN4O4S/c1-14-19(15(2)25-22(29)20(14)13-24)7-8-21(28)27-11-9-17(10-12-27)26-32(30,31)18-5-3-16(23)4-6-18/h3-6,17,26H,7-12H2,1-2H3,(H,25,29). The van der Waals surface area contributed by atoms with Gasteiger partial charge in [0.2, 0.25) is 15.9 Å². The van der Waals surface area contributed by atoms with Gasteiger partial charge >= 0.3 is 0 Å². The highest BCUT2D eigenvalue weighted by Crippen LogP contribution is 2.19. The van der Waals surface area contributed by atoms with Crippen LogP contribution in [0, 0.1) is 31.0 Å². The highest BCUT2D eigenvalue weighted by molar-refractivity contribution is 7.89. The molecule has 1 aliphatic heterocycles. The van der Waals surface area contributed by atoms with Crippen LogP contribution in [0.5, 0.6) is 0 Å². The van der Waals surface area contributed by atoms with Gasteiger partial charge < -0.3 is 9.88 Å². The lowest BCUT2D eigenvalue weighted by Gasteiger charge is -2.32. The Kier molecular flexibility index (Phi) is 7.11. The first-order valence-corrected chi connectivity index (χ1v) is 11.8. The van der Waals surface area contributed by atoms with Gasteiger partial charge in [-0.2, -0.15) is 5.26 Å². The summed E-state index contributed by atoms with van der Waals surface area (Å²) in [6.07, 6.45) is 1.58. The normalized spacial score (nSPS) is 14.9.